The second kappa shape index (κ2) is 5.59. The summed E-state index contributed by atoms with van der Waals surface area (Å²) in [4.78, 5) is 6.97. The van der Waals surface area contributed by atoms with Gasteiger partial charge >= 0.3 is 0 Å². The molecular formula is C15H22N2O. The molecule has 1 aromatic rings. The Labute approximate surface area is 109 Å². The summed E-state index contributed by atoms with van der Waals surface area (Å²) in [6.45, 7) is 2.26. The van der Waals surface area contributed by atoms with Crippen LogP contribution >= 0.6 is 0 Å². The van der Waals surface area contributed by atoms with Crippen LogP contribution in [0.5, 0.6) is 0 Å². The quantitative estimate of drug-likeness (QED) is 0.762. The number of nitrogens with zero attached hydrogens (tertiary/aromatic N) is 2. The fourth-order valence-corrected chi connectivity index (χ4v) is 2.93. The zero-order valence-electron chi connectivity index (χ0n) is 11.0. The molecule has 3 rings (SSSR count). The summed E-state index contributed by atoms with van der Waals surface area (Å²) < 4.78 is 5.84. The summed E-state index contributed by atoms with van der Waals surface area (Å²) in [7, 11) is 0. The molecule has 0 unspecified atom stereocenters. The lowest BCUT2D eigenvalue weighted by atomic mass is 9.96. The molecule has 0 bridgehead atoms. The largest absolute Gasteiger partial charge is 0.440 e. The van der Waals surface area contributed by atoms with Crippen LogP contribution < -0.4 is 4.90 Å². The van der Waals surface area contributed by atoms with E-state index in [2.05, 4.69) is 16.0 Å². The minimum absolute atomic E-state index is 0.527. The van der Waals surface area contributed by atoms with Crippen molar-refractivity contribution in [2.45, 2.75) is 51.0 Å². The number of rotatable bonds is 3. The molecule has 2 heterocycles. The topological polar surface area (TPSA) is 28.7 Å². The summed E-state index contributed by atoms with van der Waals surface area (Å²) in [5, 5.41) is 0. The van der Waals surface area contributed by atoms with Crippen molar-refractivity contribution < 1.29 is 4.42 Å². The van der Waals surface area contributed by atoms with Gasteiger partial charge in [0, 0.05) is 19.2 Å². The first-order valence-corrected chi connectivity index (χ1v) is 7.30. The highest BCUT2D eigenvalue weighted by Gasteiger charge is 2.15. The Hall–Kier alpha value is -1.25. The van der Waals surface area contributed by atoms with Crippen molar-refractivity contribution in [1.82, 2.24) is 0 Å². The van der Waals surface area contributed by atoms with Crippen molar-refractivity contribution >= 4 is 12.1 Å². The molecule has 2 fully saturated rings. The van der Waals surface area contributed by atoms with E-state index in [-0.39, 0.29) is 0 Å². The van der Waals surface area contributed by atoms with E-state index in [4.69, 9.17) is 4.42 Å². The van der Waals surface area contributed by atoms with E-state index in [0.717, 1.165) is 24.7 Å². The molecule has 0 radical (unpaired) electrons. The number of aliphatic imine (C=N–C) groups is 1. The van der Waals surface area contributed by atoms with Crippen molar-refractivity contribution in [3.05, 3.63) is 17.9 Å². The molecule has 1 saturated heterocycles. The molecule has 98 valence electrons. The average Bonchev–Trinajstić information content (AvgIpc) is 3.08. The molecule has 18 heavy (non-hydrogen) atoms. The van der Waals surface area contributed by atoms with Gasteiger partial charge in [0.25, 0.3) is 0 Å². The molecule has 0 aromatic carbocycles. The van der Waals surface area contributed by atoms with Crippen molar-refractivity contribution in [1.29, 1.82) is 0 Å². The minimum Gasteiger partial charge on any atom is -0.440 e. The van der Waals surface area contributed by atoms with Crippen LogP contribution in [0.1, 0.15) is 50.7 Å². The molecule has 0 atom stereocenters. The van der Waals surface area contributed by atoms with Crippen LogP contribution in [0.4, 0.5) is 5.88 Å². The molecular weight excluding hydrogens is 224 g/mol. The fraction of sp³-hybridized carbons (Fsp3) is 0.667. The van der Waals surface area contributed by atoms with E-state index in [1.54, 1.807) is 0 Å². The maximum Gasteiger partial charge on any atom is 0.196 e. The minimum atomic E-state index is 0.527. The summed E-state index contributed by atoms with van der Waals surface area (Å²) in [6, 6.07) is 4.65. The molecule has 0 N–H and O–H groups in total. The Morgan fingerprint density at radius 2 is 1.83 bits per heavy atom. The molecule has 1 aliphatic heterocycles. The van der Waals surface area contributed by atoms with Crippen molar-refractivity contribution in [2.24, 2.45) is 4.99 Å². The molecule has 3 nitrogen and oxygen atoms in total. The van der Waals surface area contributed by atoms with Gasteiger partial charge in [0.2, 0.25) is 0 Å². The normalized spacial score (nSPS) is 22.1. The lowest BCUT2D eigenvalue weighted by Gasteiger charge is -2.16. The molecule has 0 spiro atoms. The third-order valence-electron chi connectivity index (χ3n) is 4.02. The van der Waals surface area contributed by atoms with E-state index in [1.165, 1.54) is 44.9 Å². The molecule has 2 aliphatic rings. The lowest BCUT2D eigenvalue weighted by molar-refractivity contribution is 0.443. The van der Waals surface area contributed by atoms with Crippen LogP contribution in [0.2, 0.25) is 0 Å². The van der Waals surface area contributed by atoms with Gasteiger partial charge in [-0.25, -0.2) is 0 Å². The highest BCUT2D eigenvalue weighted by molar-refractivity contribution is 5.76. The predicted molar refractivity (Wildman–Crippen MR) is 74.6 cm³/mol. The van der Waals surface area contributed by atoms with Gasteiger partial charge in [0.15, 0.2) is 5.88 Å². The summed E-state index contributed by atoms with van der Waals surface area (Å²) in [5.41, 5.74) is 0. The first-order chi connectivity index (χ1) is 8.92. The van der Waals surface area contributed by atoms with Gasteiger partial charge in [-0.1, -0.05) is 19.3 Å². The Balaban J connectivity index is 1.60. The SMILES string of the molecule is C(=NC1CCCCC1)c1ccc(N2CCCC2)o1. The monoisotopic (exact) mass is 246 g/mol. The zero-order valence-corrected chi connectivity index (χ0v) is 11.0. The van der Waals surface area contributed by atoms with Crippen LogP contribution in [0.25, 0.3) is 0 Å². The van der Waals surface area contributed by atoms with Crippen molar-refractivity contribution in [2.75, 3.05) is 18.0 Å². The maximum atomic E-state index is 5.84. The highest BCUT2D eigenvalue weighted by Crippen LogP contribution is 2.23. The van der Waals surface area contributed by atoms with E-state index >= 15 is 0 Å². The molecule has 1 saturated carbocycles. The highest BCUT2D eigenvalue weighted by atomic mass is 16.4. The molecule has 1 aromatic heterocycles. The predicted octanol–water partition coefficient (Wildman–Crippen LogP) is 3.63. The smallest absolute Gasteiger partial charge is 0.196 e. The van der Waals surface area contributed by atoms with Gasteiger partial charge < -0.3 is 9.32 Å². The van der Waals surface area contributed by atoms with Gasteiger partial charge in [-0.05, 0) is 31.7 Å². The number of furan rings is 1. The van der Waals surface area contributed by atoms with Crippen molar-refractivity contribution in [3.8, 4) is 0 Å². The Morgan fingerprint density at radius 1 is 1.06 bits per heavy atom. The van der Waals surface area contributed by atoms with E-state index in [9.17, 15) is 0 Å². The van der Waals surface area contributed by atoms with Crippen LogP contribution in [0, 0.1) is 0 Å². The number of anilines is 1. The molecule has 3 heteroatoms. The third kappa shape index (κ3) is 2.77. The first-order valence-electron chi connectivity index (χ1n) is 7.30. The van der Waals surface area contributed by atoms with Gasteiger partial charge in [0.1, 0.15) is 5.76 Å². The van der Waals surface area contributed by atoms with Crippen molar-refractivity contribution in [3.63, 3.8) is 0 Å². The molecule has 1 aliphatic carbocycles. The number of hydrogen-bond acceptors (Lipinski definition) is 3. The van der Waals surface area contributed by atoms with Crippen LogP contribution in [0.3, 0.4) is 0 Å². The molecule has 0 amide bonds. The maximum absolute atomic E-state index is 5.84. The summed E-state index contributed by atoms with van der Waals surface area (Å²) in [6.07, 6.45) is 11.0. The van der Waals surface area contributed by atoms with Gasteiger partial charge in [-0.3, -0.25) is 4.99 Å². The third-order valence-corrected chi connectivity index (χ3v) is 4.02. The first kappa shape index (κ1) is 11.8. The zero-order chi connectivity index (χ0) is 12.2. The Kier molecular flexibility index (Phi) is 3.67. The summed E-state index contributed by atoms with van der Waals surface area (Å²) in [5.74, 6) is 1.92. The average molecular weight is 246 g/mol. The van der Waals surface area contributed by atoms with E-state index in [1.807, 2.05) is 12.3 Å². The lowest BCUT2D eigenvalue weighted by Crippen LogP contribution is -2.16. The van der Waals surface area contributed by atoms with Crippen LogP contribution in [-0.4, -0.2) is 25.3 Å². The van der Waals surface area contributed by atoms with Crippen LogP contribution in [0.15, 0.2) is 21.5 Å². The Bertz CT molecular complexity index is 398. The Morgan fingerprint density at radius 3 is 2.61 bits per heavy atom. The standard InChI is InChI=1S/C15H22N2O/c1-2-6-13(7-3-1)16-12-14-8-9-15(18-14)17-10-4-5-11-17/h8-9,12-13H,1-7,10-11H2. The van der Waals surface area contributed by atoms with Gasteiger partial charge in [0.05, 0.1) is 12.3 Å². The van der Waals surface area contributed by atoms with Gasteiger partial charge in [-0.15, -0.1) is 0 Å². The fourth-order valence-electron chi connectivity index (χ4n) is 2.93. The van der Waals surface area contributed by atoms with Gasteiger partial charge in [-0.2, -0.15) is 0 Å². The van der Waals surface area contributed by atoms with E-state index in [0.29, 0.717) is 6.04 Å². The summed E-state index contributed by atoms with van der Waals surface area (Å²) >= 11 is 0. The van der Waals surface area contributed by atoms with Crippen LogP contribution in [-0.2, 0) is 0 Å². The second-order valence-electron chi connectivity index (χ2n) is 5.44. The second-order valence-corrected chi connectivity index (χ2v) is 5.44. The van der Waals surface area contributed by atoms with E-state index < -0.39 is 0 Å². The number of hydrogen-bond donors (Lipinski definition) is 0.